The number of hydrogen-bond donors (Lipinski definition) is 0. The molecule has 0 heterocycles. The van der Waals surface area contributed by atoms with Gasteiger partial charge in [-0.05, 0) is 112 Å². The Balaban J connectivity index is 1.66. The largest absolute Gasteiger partial charge is 0.196 e. The molecular formula is C45H59N2+. The van der Waals surface area contributed by atoms with Crippen molar-refractivity contribution in [1.82, 2.24) is 0 Å². The van der Waals surface area contributed by atoms with E-state index in [1.54, 1.807) is 0 Å². The van der Waals surface area contributed by atoms with Crippen molar-refractivity contribution in [2.24, 2.45) is 5.11 Å². The van der Waals surface area contributed by atoms with Crippen molar-refractivity contribution < 1.29 is 4.70 Å². The second-order valence-corrected chi connectivity index (χ2v) is 13.1. The fourth-order valence-electron chi connectivity index (χ4n) is 6.91. The van der Waals surface area contributed by atoms with Crippen LogP contribution < -0.4 is 0 Å². The van der Waals surface area contributed by atoms with Gasteiger partial charge < -0.3 is 0 Å². The number of unbranched alkanes of at least 4 members (excludes halogenated alkanes) is 8. The molecule has 2 nitrogen and oxygen atoms in total. The van der Waals surface area contributed by atoms with E-state index in [1.807, 2.05) is 4.70 Å². The molecule has 4 rings (SSSR count). The van der Waals surface area contributed by atoms with Gasteiger partial charge in [0.1, 0.15) is 5.69 Å². The van der Waals surface area contributed by atoms with Gasteiger partial charge in [0, 0.05) is 6.08 Å². The lowest BCUT2D eigenvalue weighted by Crippen LogP contribution is -1.99. The van der Waals surface area contributed by atoms with Crippen LogP contribution >= 0.6 is 0 Å². The smallest absolute Gasteiger partial charge is 0.0934 e. The molecule has 4 aromatic rings. The van der Waals surface area contributed by atoms with Gasteiger partial charge in [0.2, 0.25) is 0 Å². The number of nitrogens with zero attached hydrogens (tertiary/aromatic N) is 2. The summed E-state index contributed by atoms with van der Waals surface area (Å²) in [6.07, 6.45) is 21.7. The highest BCUT2D eigenvalue weighted by molar-refractivity contribution is 5.74. The van der Waals surface area contributed by atoms with Crippen LogP contribution in [0, 0.1) is 0 Å². The predicted molar refractivity (Wildman–Crippen MR) is 205 cm³/mol. The van der Waals surface area contributed by atoms with Crippen molar-refractivity contribution in [3.63, 3.8) is 0 Å². The maximum atomic E-state index is 5.11. The Bertz CT molecular complexity index is 1560. The van der Waals surface area contributed by atoms with Crippen LogP contribution in [0.1, 0.15) is 120 Å². The summed E-state index contributed by atoms with van der Waals surface area (Å²) in [7, 11) is 2.06. The van der Waals surface area contributed by atoms with E-state index >= 15 is 0 Å². The van der Waals surface area contributed by atoms with Crippen molar-refractivity contribution in [1.29, 1.82) is 0 Å². The quantitative estimate of drug-likeness (QED) is 0.0558. The summed E-state index contributed by atoms with van der Waals surface area (Å²) in [5.41, 5.74) is 13.4. The molecule has 0 bridgehead atoms. The highest BCUT2D eigenvalue weighted by atomic mass is 15.2. The minimum absolute atomic E-state index is 1.02. The summed E-state index contributed by atoms with van der Waals surface area (Å²) in [5, 5.41) is 5.11. The van der Waals surface area contributed by atoms with E-state index < -0.39 is 0 Å². The molecule has 47 heavy (non-hydrogen) atoms. The molecule has 0 radical (unpaired) electrons. The first-order chi connectivity index (χ1) is 23.1. The Morgan fingerprint density at radius 2 is 1.04 bits per heavy atom. The summed E-state index contributed by atoms with van der Waals surface area (Å²) >= 11 is 0. The molecule has 0 saturated heterocycles. The van der Waals surface area contributed by atoms with E-state index in [2.05, 4.69) is 132 Å². The lowest BCUT2D eigenvalue weighted by atomic mass is 9.89. The Morgan fingerprint density at radius 1 is 0.553 bits per heavy atom. The van der Waals surface area contributed by atoms with Gasteiger partial charge in [-0.1, -0.05) is 150 Å². The molecule has 0 atom stereocenters. The van der Waals surface area contributed by atoms with Crippen LogP contribution in [0.5, 0.6) is 0 Å². The minimum atomic E-state index is 1.02. The van der Waals surface area contributed by atoms with Crippen LogP contribution in [0.25, 0.3) is 28.3 Å². The number of hydrogen-bond acceptors (Lipinski definition) is 1. The van der Waals surface area contributed by atoms with E-state index in [9.17, 15) is 0 Å². The summed E-state index contributed by atoms with van der Waals surface area (Å²) in [5.74, 6) is 0. The van der Waals surface area contributed by atoms with Gasteiger partial charge in [0.15, 0.2) is 13.2 Å². The van der Waals surface area contributed by atoms with Gasteiger partial charge in [0.05, 0.1) is 0 Å². The molecule has 0 aliphatic heterocycles. The lowest BCUT2D eigenvalue weighted by Gasteiger charge is -2.16. The fourth-order valence-corrected chi connectivity index (χ4v) is 6.91. The van der Waals surface area contributed by atoms with Gasteiger partial charge in [-0.3, -0.25) is 0 Å². The highest BCUT2D eigenvalue weighted by Crippen LogP contribution is 2.34. The fraction of sp³-hybridized carbons (Fsp3) is 0.422. The molecule has 4 aromatic carbocycles. The SMILES string of the molecule is CCCCCCCCc1cc(C=C[N+](C)=Nc2cc(CCCCCC)c(CC)c(-c3ccccc3)c2)cc(-c2ccccc2)c1CC. The Morgan fingerprint density at radius 3 is 1.60 bits per heavy atom. The second kappa shape index (κ2) is 19.8. The summed E-state index contributed by atoms with van der Waals surface area (Å²) < 4.78 is 1.99. The number of azo groups is 2. The van der Waals surface area contributed by atoms with Gasteiger partial charge in [-0.2, -0.15) is 0 Å². The third-order valence-electron chi connectivity index (χ3n) is 9.42. The Hall–Kier alpha value is -3.78. The van der Waals surface area contributed by atoms with Gasteiger partial charge in [-0.15, -0.1) is 0 Å². The first kappa shape index (κ1) is 36.1. The van der Waals surface area contributed by atoms with Crippen LogP contribution in [-0.4, -0.2) is 11.7 Å². The van der Waals surface area contributed by atoms with Crippen LogP contribution in [0.15, 0.2) is 96.2 Å². The zero-order valence-corrected chi connectivity index (χ0v) is 30.0. The molecule has 0 unspecified atom stereocenters. The van der Waals surface area contributed by atoms with E-state index in [0.29, 0.717) is 0 Å². The first-order valence-corrected chi connectivity index (χ1v) is 18.6. The molecule has 0 aromatic heterocycles. The molecule has 0 aliphatic rings. The molecule has 2 heteroatoms. The van der Waals surface area contributed by atoms with Crippen molar-refractivity contribution >= 4 is 11.8 Å². The molecular weight excluding hydrogens is 569 g/mol. The zero-order chi connectivity index (χ0) is 33.3. The van der Waals surface area contributed by atoms with Gasteiger partial charge in [0.25, 0.3) is 0 Å². The zero-order valence-electron chi connectivity index (χ0n) is 30.0. The molecule has 0 fully saturated rings. The predicted octanol–water partition coefficient (Wildman–Crippen LogP) is 13.6. The number of benzene rings is 4. The standard InChI is InChI=1S/C45H59N2/c1-6-10-12-14-15-19-28-39-32-36(33-44(42(39)8-3)37-24-20-16-21-25-37)30-31-47(5)46-41-34-40(29-18-13-11-7-2)43(9-4)45(35-41)38-26-22-17-23-27-38/h16-17,20-27,30-35H,6-15,18-19,28-29H2,1-5H3/q+1. The molecule has 0 spiro atoms. The number of aryl methyl sites for hydroxylation is 2. The second-order valence-electron chi connectivity index (χ2n) is 13.1. The normalized spacial score (nSPS) is 11.9. The van der Waals surface area contributed by atoms with Crippen molar-refractivity contribution in [3.8, 4) is 22.3 Å². The van der Waals surface area contributed by atoms with E-state index in [4.69, 9.17) is 5.11 Å². The third kappa shape index (κ3) is 10.9. The maximum absolute atomic E-state index is 5.11. The minimum Gasteiger partial charge on any atom is -0.0934 e. The summed E-state index contributed by atoms with van der Waals surface area (Å²) in [6, 6.07) is 31.2. The molecule has 248 valence electrons. The number of rotatable bonds is 19. The van der Waals surface area contributed by atoms with Crippen LogP contribution in [0.2, 0.25) is 0 Å². The van der Waals surface area contributed by atoms with Gasteiger partial charge >= 0.3 is 0 Å². The van der Waals surface area contributed by atoms with E-state index in [0.717, 1.165) is 31.4 Å². The first-order valence-electron chi connectivity index (χ1n) is 18.6. The molecule has 0 saturated carbocycles. The Kier molecular flexibility index (Phi) is 15.2. The summed E-state index contributed by atoms with van der Waals surface area (Å²) in [4.78, 5) is 0. The van der Waals surface area contributed by atoms with Crippen molar-refractivity contribution in [2.45, 2.75) is 118 Å². The average molecular weight is 628 g/mol. The van der Waals surface area contributed by atoms with Crippen LogP contribution in [0.3, 0.4) is 0 Å². The Labute approximate surface area is 286 Å². The van der Waals surface area contributed by atoms with Crippen molar-refractivity contribution in [2.75, 3.05) is 7.05 Å². The average Bonchev–Trinajstić information content (AvgIpc) is 3.11. The molecule has 0 amide bonds. The highest BCUT2D eigenvalue weighted by Gasteiger charge is 2.14. The third-order valence-corrected chi connectivity index (χ3v) is 9.42. The van der Waals surface area contributed by atoms with E-state index in [-0.39, 0.29) is 0 Å². The lowest BCUT2D eigenvalue weighted by molar-refractivity contribution is -0.491. The van der Waals surface area contributed by atoms with Crippen molar-refractivity contribution in [3.05, 3.63) is 119 Å². The maximum Gasteiger partial charge on any atom is 0.196 e. The summed E-state index contributed by atoms with van der Waals surface area (Å²) in [6.45, 7) is 9.17. The topological polar surface area (TPSA) is 15.4 Å². The van der Waals surface area contributed by atoms with Crippen LogP contribution in [0.4, 0.5) is 5.69 Å². The molecule has 0 aliphatic carbocycles. The van der Waals surface area contributed by atoms with Crippen LogP contribution in [-0.2, 0) is 25.7 Å². The monoisotopic (exact) mass is 627 g/mol. The van der Waals surface area contributed by atoms with Gasteiger partial charge in [-0.25, -0.2) is 0 Å². The van der Waals surface area contributed by atoms with E-state index in [1.165, 1.54) is 114 Å². The molecule has 0 N–H and O–H groups in total.